The number of carbonyl (C=O) groups excluding carboxylic acids is 1. The summed E-state index contributed by atoms with van der Waals surface area (Å²) in [5, 5.41) is 4.48. The Morgan fingerprint density at radius 1 is 1.00 bits per heavy atom. The van der Waals surface area contributed by atoms with E-state index in [-0.39, 0.29) is 6.10 Å². The van der Waals surface area contributed by atoms with Gasteiger partial charge in [0.15, 0.2) is 22.5 Å². The Balaban J connectivity index is 1.32. The predicted octanol–water partition coefficient (Wildman–Crippen LogP) is 4.18. The molecular formula is C28H27N3O6S. The van der Waals surface area contributed by atoms with Gasteiger partial charge in [0.25, 0.3) is 5.91 Å². The van der Waals surface area contributed by atoms with Crippen LogP contribution in [0.5, 0.6) is 17.2 Å². The summed E-state index contributed by atoms with van der Waals surface area (Å²) in [6.07, 6.45) is 2.53. The number of hydrogen-bond acceptors (Lipinski definition) is 7. The number of ether oxygens (including phenoxy) is 4. The van der Waals surface area contributed by atoms with E-state index < -0.39 is 16.9 Å². The normalized spacial score (nSPS) is 15.6. The van der Waals surface area contributed by atoms with Crippen LogP contribution >= 0.6 is 0 Å². The van der Waals surface area contributed by atoms with E-state index in [9.17, 15) is 9.00 Å². The maximum absolute atomic E-state index is 12.7. The lowest BCUT2D eigenvalue weighted by atomic mass is 10.1. The number of hydrogen-bond donors (Lipinski definition) is 1. The van der Waals surface area contributed by atoms with Crippen molar-refractivity contribution in [3.8, 4) is 34.2 Å². The molecule has 1 aromatic heterocycles. The first-order valence-corrected chi connectivity index (χ1v) is 13.1. The van der Waals surface area contributed by atoms with Gasteiger partial charge in [-0.1, -0.05) is 0 Å². The molecule has 0 aliphatic carbocycles. The van der Waals surface area contributed by atoms with Crippen LogP contribution in [-0.2, 0) is 15.7 Å². The molecule has 1 saturated heterocycles. The number of carbonyl (C=O) groups is 1. The van der Waals surface area contributed by atoms with Gasteiger partial charge in [-0.25, -0.2) is 8.89 Å². The zero-order valence-corrected chi connectivity index (χ0v) is 21.8. The van der Waals surface area contributed by atoms with Gasteiger partial charge in [0.05, 0.1) is 49.9 Å². The van der Waals surface area contributed by atoms with Gasteiger partial charge >= 0.3 is 0 Å². The molecule has 1 N–H and O–H groups in total. The van der Waals surface area contributed by atoms with Crippen molar-refractivity contribution in [1.29, 1.82) is 0 Å². The average molecular weight is 534 g/mol. The minimum Gasteiger partial charge on any atom is -0.497 e. The molecule has 38 heavy (non-hydrogen) atoms. The van der Waals surface area contributed by atoms with Crippen LogP contribution in [0.25, 0.3) is 16.9 Å². The lowest BCUT2D eigenvalue weighted by Gasteiger charge is -2.16. The minimum atomic E-state index is -1.70. The van der Waals surface area contributed by atoms with Crippen LogP contribution in [-0.4, -0.2) is 53.4 Å². The van der Waals surface area contributed by atoms with Crippen molar-refractivity contribution in [2.75, 3.05) is 27.4 Å². The first-order chi connectivity index (χ1) is 18.6. The van der Waals surface area contributed by atoms with E-state index >= 15 is 0 Å². The monoisotopic (exact) mass is 533 g/mol. The standard InChI is InChI=1S/C28H27N3O6S/c1-34-22-8-10-24(11-9-22)38(33)30-28(32)19-3-6-21(7-4-19)31-25(13-15-29-31)20-5-12-26(35-2)27(17-20)37-23-14-16-36-18-23/h3-13,15,17,23H,14,16,18H2,1-2H3,(H,30,32). The zero-order valence-electron chi connectivity index (χ0n) is 21.0. The number of amides is 1. The molecule has 3 aromatic carbocycles. The number of benzene rings is 3. The molecule has 196 valence electrons. The Labute approximate surface area is 222 Å². The quantitative estimate of drug-likeness (QED) is 0.345. The molecular weight excluding hydrogens is 506 g/mol. The molecule has 1 aliphatic rings. The molecule has 5 rings (SSSR count). The van der Waals surface area contributed by atoms with E-state index in [4.69, 9.17) is 18.9 Å². The number of rotatable bonds is 9. The first-order valence-electron chi connectivity index (χ1n) is 12.0. The number of nitrogens with zero attached hydrogens (tertiary/aromatic N) is 2. The fraction of sp³-hybridized carbons (Fsp3) is 0.214. The van der Waals surface area contributed by atoms with Crippen LogP contribution in [0, 0.1) is 0 Å². The number of aromatic nitrogens is 2. The highest BCUT2D eigenvalue weighted by atomic mass is 32.2. The van der Waals surface area contributed by atoms with E-state index in [1.165, 1.54) is 0 Å². The first kappa shape index (κ1) is 25.5. The van der Waals surface area contributed by atoms with E-state index in [1.807, 2.05) is 24.3 Å². The van der Waals surface area contributed by atoms with Crippen molar-refractivity contribution in [3.05, 3.63) is 84.6 Å². The highest BCUT2D eigenvalue weighted by molar-refractivity contribution is 7.83. The SMILES string of the molecule is COc1ccc(S(=O)NC(=O)c2ccc(-n3nccc3-c3ccc(OC)c(OC4CCOC4)c3)cc2)cc1. The van der Waals surface area contributed by atoms with Gasteiger partial charge in [0.1, 0.15) is 11.9 Å². The summed E-state index contributed by atoms with van der Waals surface area (Å²) >= 11 is 0. The van der Waals surface area contributed by atoms with Gasteiger partial charge in [-0.15, -0.1) is 0 Å². The topological polar surface area (TPSA) is 101 Å². The lowest BCUT2D eigenvalue weighted by molar-refractivity contribution is 0.0983. The summed E-state index contributed by atoms with van der Waals surface area (Å²) in [7, 11) is 1.47. The van der Waals surface area contributed by atoms with Gasteiger partial charge in [-0.3, -0.25) is 9.52 Å². The van der Waals surface area contributed by atoms with Gasteiger partial charge in [0, 0.05) is 17.5 Å². The molecule has 1 amide bonds. The molecule has 10 heteroatoms. The average Bonchev–Trinajstić information content (AvgIpc) is 3.66. The highest BCUT2D eigenvalue weighted by Gasteiger charge is 2.20. The molecule has 2 heterocycles. The minimum absolute atomic E-state index is 0.0122. The Morgan fingerprint density at radius 2 is 1.79 bits per heavy atom. The Hall–Kier alpha value is -4.15. The smallest absolute Gasteiger partial charge is 0.263 e. The largest absolute Gasteiger partial charge is 0.497 e. The van der Waals surface area contributed by atoms with Crippen LogP contribution in [0.3, 0.4) is 0 Å². The molecule has 0 bridgehead atoms. The third-order valence-electron chi connectivity index (χ3n) is 6.12. The molecule has 1 fully saturated rings. The van der Waals surface area contributed by atoms with Crippen molar-refractivity contribution >= 4 is 16.9 Å². The fourth-order valence-electron chi connectivity index (χ4n) is 4.10. The van der Waals surface area contributed by atoms with Gasteiger partial charge in [0.2, 0.25) is 0 Å². The summed E-state index contributed by atoms with van der Waals surface area (Å²) in [6.45, 7) is 1.24. The van der Waals surface area contributed by atoms with Crippen molar-refractivity contribution in [3.63, 3.8) is 0 Å². The molecule has 4 aromatic rings. The van der Waals surface area contributed by atoms with Crippen molar-refractivity contribution < 1.29 is 28.0 Å². The fourth-order valence-corrected chi connectivity index (χ4v) is 4.88. The summed E-state index contributed by atoms with van der Waals surface area (Å²) in [5.41, 5.74) is 2.88. The second-order valence-electron chi connectivity index (χ2n) is 8.52. The van der Waals surface area contributed by atoms with Gasteiger partial charge in [-0.05, 0) is 72.8 Å². The van der Waals surface area contributed by atoms with Crippen LogP contribution in [0.1, 0.15) is 16.8 Å². The third kappa shape index (κ3) is 5.56. The summed E-state index contributed by atoms with van der Waals surface area (Å²) < 4.78 is 39.0. The van der Waals surface area contributed by atoms with Crippen LogP contribution in [0.2, 0.25) is 0 Å². The van der Waals surface area contributed by atoms with E-state index in [0.29, 0.717) is 40.9 Å². The van der Waals surface area contributed by atoms with Gasteiger partial charge in [-0.2, -0.15) is 5.10 Å². The molecule has 2 atom stereocenters. The van der Waals surface area contributed by atoms with Crippen molar-refractivity contribution in [1.82, 2.24) is 14.5 Å². The summed E-state index contributed by atoms with van der Waals surface area (Å²) in [6, 6.07) is 21.3. The predicted molar refractivity (Wildman–Crippen MR) is 142 cm³/mol. The van der Waals surface area contributed by atoms with E-state index in [1.54, 1.807) is 73.6 Å². The second kappa shape index (κ2) is 11.5. The lowest BCUT2D eigenvalue weighted by Crippen LogP contribution is -2.25. The molecule has 0 spiro atoms. The van der Waals surface area contributed by atoms with Crippen LogP contribution < -0.4 is 18.9 Å². The van der Waals surface area contributed by atoms with Crippen LogP contribution in [0.15, 0.2) is 83.9 Å². The summed E-state index contributed by atoms with van der Waals surface area (Å²) in [4.78, 5) is 13.2. The van der Waals surface area contributed by atoms with Gasteiger partial charge < -0.3 is 18.9 Å². The molecule has 2 unspecified atom stereocenters. The van der Waals surface area contributed by atoms with E-state index in [0.717, 1.165) is 23.4 Å². The Bertz CT molecular complexity index is 1430. The van der Waals surface area contributed by atoms with Crippen molar-refractivity contribution in [2.45, 2.75) is 17.4 Å². The molecule has 0 radical (unpaired) electrons. The van der Waals surface area contributed by atoms with Crippen LogP contribution in [0.4, 0.5) is 0 Å². The second-order valence-corrected chi connectivity index (χ2v) is 9.73. The maximum atomic E-state index is 12.7. The number of nitrogens with one attached hydrogen (secondary N) is 1. The molecule has 1 aliphatic heterocycles. The number of methoxy groups -OCH3 is 2. The maximum Gasteiger partial charge on any atom is 0.263 e. The van der Waals surface area contributed by atoms with Crippen molar-refractivity contribution in [2.24, 2.45) is 0 Å². The highest BCUT2D eigenvalue weighted by Crippen LogP contribution is 2.34. The Kier molecular flexibility index (Phi) is 7.71. The summed E-state index contributed by atoms with van der Waals surface area (Å²) in [5.74, 6) is 1.49. The van der Waals surface area contributed by atoms with E-state index in [2.05, 4.69) is 9.82 Å². The third-order valence-corrected chi connectivity index (χ3v) is 7.19. The molecule has 9 nitrogen and oxygen atoms in total. The zero-order chi connectivity index (χ0) is 26.5. The molecule has 0 saturated carbocycles. The Morgan fingerprint density at radius 3 is 2.47 bits per heavy atom.